The van der Waals surface area contributed by atoms with Crippen molar-refractivity contribution < 1.29 is 14.6 Å². The standard InChI is InChI=1S/C13H15BrO3/c1-2-3-4-7-17-9-11-6-5-10(13(15)16)8-12(11)14/h2,5-6,8H,1,3-4,7,9H2,(H,15,16). The largest absolute Gasteiger partial charge is 0.478 e. The molecule has 0 radical (unpaired) electrons. The molecule has 1 N–H and O–H groups in total. The van der Waals surface area contributed by atoms with Gasteiger partial charge in [-0.2, -0.15) is 0 Å². The number of carbonyl (C=O) groups is 1. The molecule has 3 nitrogen and oxygen atoms in total. The molecule has 0 bridgehead atoms. The zero-order valence-electron chi connectivity index (χ0n) is 9.49. The third kappa shape index (κ3) is 4.71. The molecule has 1 aromatic carbocycles. The minimum absolute atomic E-state index is 0.271. The van der Waals surface area contributed by atoms with Gasteiger partial charge in [0.15, 0.2) is 0 Å². The Morgan fingerprint density at radius 2 is 2.29 bits per heavy atom. The molecular formula is C13H15BrO3. The number of carboxylic acid groups (broad SMARTS) is 1. The smallest absolute Gasteiger partial charge is 0.335 e. The zero-order chi connectivity index (χ0) is 12.7. The molecule has 0 atom stereocenters. The van der Waals surface area contributed by atoms with E-state index in [1.165, 1.54) is 0 Å². The van der Waals surface area contributed by atoms with Gasteiger partial charge in [0.1, 0.15) is 0 Å². The number of aromatic carboxylic acids is 1. The van der Waals surface area contributed by atoms with Gasteiger partial charge < -0.3 is 9.84 Å². The molecule has 0 aliphatic carbocycles. The first kappa shape index (κ1) is 13.9. The van der Waals surface area contributed by atoms with E-state index in [1.54, 1.807) is 18.2 Å². The Hall–Kier alpha value is -1.13. The number of ether oxygens (including phenoxy) is 1. The number of carboxylic acids is 1. The van der Waals surface area contributed by atoms with Gasteiger partial charge in [-0.1, -0.05) is 28.1 Å². The van der Waals surface area contributed by atoms with Crippen molar-refractivity contribution in [2.24, 2.45) is 0 Å². The highest BCUT2D eigenvalue weighted by molar-refractivity contribution is 9.10. The van der Waals surface area contributed by atoms with Crippen LogP contribution in [0, 0.1) is 0 Å². The van der Waals surface area contributed by atoms with E-state index < -0.39 is 5.97 Å². The molecule has 0 amide bonds. The molecule has 92 valence electrons. The molecule has 0 aliphatic rings. The lowest BCUT2D eigenvalue weighted by molar-refractivity contribution is 0.0696. The Morgan fingerprint density at radius 1 is 1.53 bits per heavy atom. The maximum absolute atomic E-state index is 10.7. The van der Waals surface area contributed by atoms with Gasteiger partial charge in [-0.25, -0.2) is 4.79 Å². The summed E-state index contributed by atoms with van der Waals surface area (Å²) in [6, 6.07) is 4.93. The van der Waals surface area contributed by atoms with Gasteiger partial charge in [-0.3, -0.25) is 0 Å². The van der Waals surface area contributed by atoms with E-state index in [1.807, 2.05) is 6.08 Å². The van der Waals surface area contributed by atoms with E-state index in [4.69, 9.17) is 9.84 Å². The van der Waals surface area contributed by atoms with Crippen LogP contribution in [0.15, 0.2) is 35.3 Å². The van der Waals surface area contributed by atoms with Gasteiger partial charge in [-0.05, 0) is 30.5 Å². The normalized spacial score (nSPS) is 10.2. The van der Waals surface area contributed by atoms with Crippen molar-refractivity contribution in [3.05, 3.63) is 46.5 Å². The van der Waals surface area contributed by atoms with Crippen LogP contribution in [0.1, 0.15) is 28.8 Å². The number of benzene rings is 1. The van der Waals surface area contributed by atoms with Crippen molar-refractivity contribution in [2.75, 3.05) is 6.61 Å². The van der Waals surface area contributed by atoms with E-state index in [2.05, 4.69) is 22.5 Å². The van der Waals surface area contributed by atoms with Gasteiger partial charge in [0.05, 0.1) is 12.2 Å². The summed E-state index contributed by atoms with van der Waals surface area (Å²) in [5.41, 5.74) is 1.22. The summed E-state index contributed by atoms with van der Waals surface area (Å²) in [7, 11) is 0. The Bertz CT molecular complexity index is 402. The fraction of sp³-hybridized carbons (Fsp3) is 0.308. The summed E-state index contributed by atoms with van der Waals surface area (Å²) >= 11 is 3.34. The number of halogens is 1. The summed E-state index contributed by atoms with van der Waals surface area (Å²) in [6.07, 6.45) is 3.76. The van der Waals surface area contributed by atoms with Gasteiger partial charge in [0.2, 0.25) is 0 Å². The fourth-order valence-electron chi connectivity index (χ4n) is 1.31. The van der Waals surface area contributed by atoms with Crippen LogP contribution in [0.2, 0.25) is 0 Å². The van der Waals surface area contributed by atoms with Crippen LogP contribution in [0.4, 0.5) is 0 Å². The maximum Gasteiger partial charge on any atom is 0.335 e. The first-order chi connectivity index (χ1) is 8.15. The van der Waals surface area contributed by atoms with Gasteiger partial charge in [0.25, 0.3) is 0 Å². The van der Waals surface area contributed by atoms with Gasteiger partial charge >= 0.3 is 5.97 Å². The molecule has 17 heavy (non-hydrogen) atoms. The second-order valence-corrected chi connectivity index (χ2v) is 4.45. The summed E-state index contributed by atoms with van der Waals surface area (Å²) in [4.78, 5) is 10.7. The van der Waals surface area contributed by atoms with Crippen LogP contribution >= 0.6 is 15.9 Å². The van der Waals surface area contributed by atoms with E-state index >= 15 is 0 Å². The van der Waals surface area contributed by atoms with E-state index in [-0.39, 0.29) is 5.56 Å². The monoisotopic (exact) mass is 298 g/mol. The molecule has 4 heteroatoms. The summed E-state index contributed by atoms with van der Waals surface area (Å²) < 4.78 is 6.24. The average Bonchev–Trinajstić information content (AvgIpc) is 2.30. The Morgan fingerprint density at radius 3 is 2.88 bits per heavy atom. The SMILES string of the molecule is C=CCCCOCc1ccc(C(=O)O)cc1Br. The molecule has 0 saturated heterocycles. The lowest BCUT2D eigenvalue weighted by Gasteiger charge is -2.06. The predicted octanol–water partition coefficient (Wildman–Crippen LogP) is 3.63. The molecule has 0 heterocycles. The quantitative estimate of drug-likeness (QED) is 0.618. The molecule has 1 aromatic rings. The van der Waals surface area contributed by atoms with Crippen molar-refractivity contribution in [2.45, 2.75) is 19.4 Å². The van der Waals surface area contributed by atoms with Crippen LogP contribution in [0.3, 0.4) is 0 Å². The molecular weight excluding hydrogens is 284 g/mol. The van der Waals surface area contributed by atoms with Crippen LogP contribution in [0.5, 0.6) is 0 Å². The molecule has 0 fully saturated rings. The number of hydrogen-bond donors (Lipinski definition) is 1. The topological polar surface area (TPSA) is 46.5 Å². The molecule has 0 spiro atoms. The third-order valence-corrected chi connectivity index (χ3v) is 2.99. The lowest BCUT2D eigenvalue weighted by Crippen LogP contribution is -1.99. The lowest BCUT2D eigenvalue weighted by atomic mass is 10.1. The summed E-state index contributed by atoms with van der Waals surface area (Å²) in [6.45, 7) is 4.80. The second-order valence-electron chi connectivity index (χ2n) is 3.59. The van der Waals surface area contributed by atoms with Crippen molar-refractivity contribution >= 4 is 21.9 Å². The first-order valence-corrected chi connectivity index (χ1v) is 6.15. The Balaban J connectivity index is 2.49. The average molecular weight is 299 g/mol. The van der Waals surface area contributed by atoms with Crippen LogP contribution < -0.4 is 0 Å². The van der Waals surface area contributed by atoms with E-state index in [9.17, 15) is 4.79 Å². The Labute approximate surface area is 109 Å². The van der Waals surface area contributed by atoms with Gasteiger partial charge in [-0.15, -0.1) is 6.58 Å². The second kappa shape index (κ2) is 7.25. The van der Waals surface area contributed by atoms with Crippen molar-refractivity contribution in [1.82, 2.24) is 0 Å². The first-order valence-electron chi connectivity index (χ1n) is 5.35. The fourth-order valence-corrected chi connectivity index (χ4v) is 1.80. The summed E-state index contributed by atoms with van der Waals surface area (Å²) in [5.74, 6) is -0.927. The van der Waals surface area contributed by atoms with Crippen LogP contribution in [0.25, 0.3) is 0 Å². The minimum Gasteiger partial charge on any atom is -0.478 e. The zero-order valence-corrected chi connectivity index (χ0v) is 11.1. The number of hydrogen-bond acceptors (Lipinski definition) is 2. The highest BCUT2D eigenvalue weighted by Crippen LogP contribution is 2.19. The number of unbranched alkanes of at least 4 members (excludes halogenated alkanes) is 1. The number of allylic oxidation sites excluding steroid dienone is 1. The van der Waals surface area contributed by atoms with Crippen LogP contribution in [-0.2, 0) is 11.3 Å². The van der Waals surface area contributed by atoms with E-state index in [0.29, 0.717) is 13.2 Å². The molecule has 0 aliphatic heterocycles. The number of rotatable bonds is 7. The highest BCUT2D eigenvalue weighted by atomic mass is 79.9. The van der Waals surface area contributed by atoms with Gasteiger partial charge in [0, 0.05) is 11.1 Å². The molecule has 0 unspecified atom stereocenters. The Kier molecular flexibility index (Phi) is 5.94. The van der Waals surface area contributed by atoms with E-state index in [0.717, 1.165) is 22.9 Å². The van der Waals surface area contributed by atoms with Crippen molar-refractivity contribution in [3.63, 3.8) is 0 Å². The summed E-state index contributed by atoms with van der Waals surface area (Å²) in [5, 5.41) is 8.81. The highest BCUT2D eigenvalue weighted by Gasteiger charge is 2.06. The molecule has 0 aromatic heterocycles. The molecule has 1 rings (SSSR count). The third-order valence-electron chi connectivity index (χ3n) is 2.25. The maximum atomic E-state index is 10.7. The van der Waals surface area contributed by atoms with Crippen LogP contribution in [-0.4, -0.2) is 17.7 Å². The predicted molar refractivity (Wildman–Crippen MR) is 70.2 cm³/mol. The van der Waals surface area contributed by atoms with Crippen molar-refractivity contribution in [1.29, 1.82) is 0 Å². The molecule has 0 saturated carbocycles. The minimum atomic E-state index is -0.927. The van der Waals surface area contributed by atoms with Crippen molar-refractivity contribution in [3.8, 4) is 0 Å².